The topological polar surface area (TPSA) is 76.4 Å². The average Bonchev–Trinajstić information content (AvgIpc) is 3.48. The van der Waals surface area contributed by atoms with E-state index in [1.165, 1.54) is 16.3 Å². The van der Waals surface area contributed by atoms with Crippen molar-refractivity contribution < 1.29 is 4.74 Å². The Bertz CT molecular complexity index is 1000. The van der Waals surface area contributed by atoms with Crippen molar-refractivity contribution in [3.8, 4) is 0 Å². The first-order valence-corrected chi connectivity index (χ1v) is 11.2. The lowest BCUT2D eigenvalue weighted by molar-refractivity contribution is 0.187. The summed E-state index contributed by atoms with van der Waals surface area (Å²) in [5, 5.41) is 17.8. The van der Waals surface area contributed by atoms with Crippen LogP contribution in [-0.4, -0.2) is 47.0 Å². The molecule has 164 valence electrons. The van der Waals surface area contributed by atoms with Gasteiger partial charge in [-0.05, 0) is 29.7 Å². The lowest BCUT2D eigenvalue weighted by Gasteiger charge is -2.21. The molecule has 0 spiro atoms. The summed E-state index contributed by atoms with van der Waals surface area (Å²) in [6, 6.07) is 15.1. The van der Waals surface area contributed by atoms with Crippen LogP contribution in [0.15, 0.2) is 53.8 Å². The number of ether oxygens (including phenoxy) is 1. The van der Waals surface area contributed by atoms with Crippen molar-refractivity contribution in [2.75, 3.05) is 26.3 Å². The molecule has 0 saturated carbocycles. The second-order valence-electron chi connectivity index (χ2n) is 8.07. The maximum atomic E-state index is 5.52. The highest BCUT2D eigenvalue weighted by Crippen LogP contribution is 2.24. The summed E-state index contributed by atoms with van der Waals surface area (Å²) in [6.45, 7) is 8.24. The highest BCUT2D eigenvalue weighted by molar-refractivity contribution is 5.87. The normalized spacial score (nSPS) is 17.7. The number of hydrogen-bond acceptors (Lipinski definition) is 4. The molecule has 0 bridgehead atoms. The fraction of sp³-hybridized carbons (Fsp3) is 0.458. The molecule has 0 amide bonds. The Labute approximate surface area is 183 Å². The van der Waals surface area contributed by atoms with E-state index in [0.717, 1.165) is 57.5 Å². The first-order valence-electron chi connectivity index (χ1n) is 11.2. The Balaban J connectivity index is 1.45. The smallest absolute Gasteiger partial charge is 0.191 e. The van der Waals surface area contributed by atoms with Gasteiger partial charge in [-0.25, -0.2) is 0 Å². The molecule has 1 saturated heterocycles. The second kappa shape index (κ2) is 10.4. The molecule has 2 aromatic carbocycles. The number of aromatic nitrogens is 3. The molecule has 0 radical (unpaired) electrons. The third kappa shape index (κ3) is 5.41. The predicted molar refractivity (Wildman–Crippen MR) is 124 cm³/mol. The fourth-order valence-corrected chi connectivity index (χ4v) is 4.05. The molecule has 1 fully saturated rings. The summed E-state index contributed by atoms with van der Waals surface area (Å²) in [5.74, 6) is 2.33. The largest absolute Gasteiger partial charge is 0.381 e. The molecule has 3 aromatic rings. The van der Waals surface area contributed by atoms with Crippen LogP contribution in [0.5, 0.6) is 0 Å². The van der Waals surface area contributed by atoms with E-state index in [4.69, 9.17) is 9.73 Å². The van der Waals surface area contributed by atoms with E-state index in [1.807, 2.05) is 0 Å². The molecule has 2 N–H and O–H groups in total. The van der Waals surface area contributed by atoms with Gasteiger partial charge in [0.1, 0.15) is 12.2 Å². The van der Waals surface area contributed by atoms with Crippen LogP contribution in [0.25, 0.3) is 10.8 Å². The van der Waals surface area contributed by atoms with Gasteiger partial charge in [-0.15, -0.1) is 10.2 Å². The maximum Gasteiger partial charge on any atom is 0.191 e. The van der Waals surface area contributed by atoms with Crippen molar-refractivity contribution in [3.05, 3.63) is 60.2 Å². The zero-order valence-corrected chi connectivity index (χ0v) is 18.4. The highest BCUT2D eigenvalue weighted by Gasteiger charge is 2.16. The summed E-state index contributed by atoms with van der Waals surface area (Å²) in [7, 11) is 0. The van der Waals surface area contributed by atoms with Gasteiger partial charge >= 0.3 is 0 Å². The minimum atomic E-state index is 0.123. The van der Waals surface area contributed by atoms with Crippen LogP contribution in [-0.2, 0) is 17.7 Å². The molecule has 4 rings (SSSR count). The Morgan fingerprint density at radius 1 is 1.26 bits per heavy atom. The van der Waals surface area contributed by atoms with Gasteiger partial charge in [-0.3, -0.25) is 4.99 Å². The lowest BCUT2D eigenvalue weighted by Crippen LogP contribution is -2.40. The van der Waals surface area contributed by atoms with Crippen LogP contribution in [0.3, 0.4) is 0 Å². The molecular weight excluding hydrogens is 388 g/mol. The van der Waals surface area contributed by atoms with Crippen LogP contribution in [0.2, 0.25) is 0 Å². The van der Waals surface area contributed by atoms with E-state index in [1.54, 1.807) is 6.33 Å². The first-order chi connectivity index (χ1) is 15.2. The van der Waals surface area contributed by atoms with Crippen LogP contribution in [0.1, 0.15) is 37.7 Å². The van der Waals surface area contributed by atoms with Crippen LogP contribution >= 0.6 is 0 Å². The first kappa shape index (κ1) is 21.3. The Morgan fingerprint density at radius 2 is 2.13 bits per heavy atom. The number of benzene rings is 2. The van der Waals surface area contributed by atoms with Crippen molar-refractivity contribution in [2.24, 2.45) is 10.9 Å². The van der Waals surface area contributed by atoms with Gasteiger partial charge in [-0.1, -0.05) is 49.4 Å². The number of rotatable bonds is 8. The highest BCUT2D eigenvalue weighted by atomic mass is 16.5. The molecule has 1 aliphatic rings. The van der Waals surface area contributed by atoms with Gasteiger partial charge in [0.05, 0.1) is 12.6 Å². The van der Waals surface area contributed by atoms with E-state index < -0.39 is 0 Å². The van der Waals surface area contributed by atoms with E-state index in [9.17, 15) is 0 Å². The summed E-state index contributed by atoms with van der Waals surface area (Å²) >= 11 is 0. The number of nitrogens with one attached hydrogen (secondary N) is 2. The maximum absolute atomic E-state index is 5.52. The molecule has 2 atom stereocenters. The summed E-state index contributed by atoms with van der Waals surface area (Å²) in [5.41, 5.74) is 1.27. The Hall–Kier alpha value is -2.93. The van der Waals surface area contributed by atoms with Crippen molar-refractivity contribution in [2.45, 2.75) is 39.3 Å². The Kier molecular flexibility index (Phi) is 7.14. The van der Waals surface area contributed by atoms with Gasteiger partial charge in [-0.2, -0.15) is 0 Å². The third-order valence-corrected chi connectivity index (χ3v) is 5.83. The standard InChI is InChI=1S/C24H32N6O/c1-3-23-29-27-17-30(23)13-12-25-24(26-15-19-11-14-31-16-19)28-18(2)21-10-6-8-20-7-4-5-9-22(20)21/h4-10,17-19H,3,11-16H2,1-2H3,(H2,25,26,28). The van der Waals surface area contributed by atoms with E-state index in [0.29, 0.717) is 5.92 Å². The number of hydrogen-bond donors (Lipinski definition) is 2. The van der Waals surface area contributed by atoms with Gasteiger partial charge in [0.15, 0.2) is 5.96 Å². The molecule has 1 aromatic heterocycles. The molecule has 1 aliphatic heterocycles. The molecular formula is C24H32N6O. The van der Waals surface area contributed by atoms with Crippen molar-refractivity contribution >= 4 is 16.7 Å². The minimum Gasteiger partial charge on any atom is -0.381 e. The summed E-state index contributed by atoms with van der Waals surface area (Å²) in [4.78, 5) is 4.89. The van der Waals surface area contributed by atoms with Gasteiger partial charge < -0.3 is 19.9 Å². The Morgan fingerprint density at radius 3 is 2.97 bits per heavy atom. The van der Waals surface area contributed by atoms with E-state index >= 15 is 0 Å². The number of guanidine groups is 1. The monoisotopic (exact) mass is 420 g/mol. The zero-order chi connectivity index (χ0) is 21.5. The van der Waals surface area contributed by atoms with Gasteiger partial charge in [0, 0.05) is 38.6 Å². The lowest BCUT2D eigenvalue weighted by atomic mass is 10.00. The third-order valence-electron chi connectivity index (χ3n) is 5.83. The SMILES string of the molecule is CCc1nncn1CCNC(=NCC1CCOC1)NC(C)c1cccc2ccccc12. The fourth-order valence-electron chi connectivity index (χ4n) is 4.05. The zero-order valence-electron chi connectivity index (χ0n) is 18.4. The quantitative estimate of drug-likeness (QED) is 0.432. The van der Waals surface area contributed by atoms with Crippen LogP contribution < -0.4 is 10.6 Å². The molecule has 0 aliphatic carbocycles. The number of nitrogens with zero attached hydrogens (tertiary/aromatic N) is 4. The number of aryl methyl sites for hydroxylation is 1. The van der Waals surface area contributed by atoms with Crippen LogP contribution in [0.4, 0.5) is 0 Å². The molecule has 31 heavy (non-hydrogen) atoms. The summed E-state index contributed by atoms with van der Waals surface area (Å²) < 4.78 is 7.60. The van der Waals surface area contributed by atoms with Crippen LogP contribution in [0, 0.1) is 5.92 Å². The van der Waals surface area contributed by atoms with Crippen molar-refractivity contribution in [3.63, 3.8) is 0 Å². The molecule has 7 heteroatoms. The van der Waals surface area contributed by atoms with Gasteiger partial charge in [0.2, 0.25) is 0 Å². The average molecular weight is 421 g/mol. The number of fused-ring (bicyclic) bond motifs is 1. The van der Waals surface area contributed by atoms with Gasteiger partial charge in [0.25, 0.3) is 0 Å². The molecule has 2 unspecified atom stereocenters. The van der Waals surface area contributed by atoms with Crippen molar-refractivity contribution in [1.29, 1.82) is 0 Å². The van der Waals surface area contributed by atoms with E-state index in [2.05, 4.69) is 81.7 Å². The second-order valence-corrected chi connectivity index (χ2v) is 8.07. The predicted octanol–water partition coefficient (Wildman–Crippen LogP) is 3.33. The molecule has 7 nitrogen and oxygen atoms in total. The molecule has 2 heterocycles. The van der Waals surface area contributed by atoms with Crippen molar-refractivity contribution in [1.82, 2.24) is 25.4 Å². The number of aliphatic imine (C=N–C) groups is 1. The van der Waals surface area contributed by atoms with E-state index in [-0.39, 0.29) is 6.04 Å². The summed E-state index contributed by atoms with van der Waals surface area (Å²) in [6.07, 6.45) is 3.74. The minimum absolute atomic E-state index is 0.123.